The Balaban J connectivity index is 2.17. The number of carboxylic acid groups (broad SMARTS) is 1. The molecule has 1 heterocycles. The van der Waals surface area contributed by atoms with E-state index in [9.17, 15) is 13.6 Å². The van der Waals surface area contributed by atoms with Crippen LogP contribution in [0.3, 0.4) is 0 Å². The van der Waals surface area contributed by atoms with Gasteiger partial charge in [0.25, 0.3) is 0 Å². The molecule has 6 heteroatoms. The number of aromatic amines is 1. The molecule has 0 aliphatic heterocycles. The Kier molecular flexibility index (Phi) is 3.03. The number of imidazole rings is 1. The van der Waals surface area contributed by atoms with E-state index in [-0.39, 0.29) is 6.42 Å². The molecule has 0 aliphatic carbocycles. The molecule has 90 valence electrons. The lowest BCUT2D eigenvalue weighted by Crippen LogP contribution is -1.96. The predicted octanol–water partition coefficient (Wildman–Crippen LogP) is 2.25. The monoisotopic (exact) mass is 240 g/mol. The first-order chi connectivity index (χ1) is 8.06. The van der Waals surface area contributed by atoms with Crippen molar-refractivity contribution in [1.82, 2.24) is 9.97 Å². The largest absolute Gasteiger partial charge is 0.481 e. The lowest BCUT2D eigenvalue weighted by atomic mass is 10.2. The van der Waals surface area contributed by atoms with Gasteiger partial charge in [-0.1, -0.05) is 0 Å². The van der Waals surface area contributed by atoms with E-state index < -0.39 is 17.6 Å². The van der Waals surface area contributed by atoms with Gasteiger partial charge in [0.2, 0.25) is 0 Å². The highest BCUT2D eigenvalue weighted by Gasteiger charge is 2.08. The minimum Gasteiger partial charge on any atom is -0.481 e. The van der Waals surface area contributed by atoms with E-state index >= 15 is 0 Å². The van der Waals surface area contributed by atoms with Gasteiger partial charge in [0.05, 0.1) is 11.0 Å². The van der Waals surface area contributed by atoms with Crippen LogP contribution in [0.2, 0.25) is 0 Å². The van der Waals surface area contributed by atoms with Crippen LogP contribution < -0.4 is 0 Å². The molecule has 0 saturated heterocycles. The number of hydrogen-bond donors (Lipinski definition) is 2. The maximum atomic E-state index is 12.9. The summed E-state index contributed by atoms with van der Waals surface area (Å²) in [5.74, 6) is -2.22. The van der Waals surface area contributed by atoms with Crippen molar-refractivity contribution in [3.05, 3.63) is 29.6 Å². The van der Waals surface area contributed by atoms with Crippen molar-refractivity contribution >= 4 is 17.0 Å². The normalized spacial score (nSPS) is 10.9. The van der Waals surface area contributed by atoms with Crippen LogP contribution in [0.5, 0.6) is 0 Å². The summed E-state index contributed by atoms with van der Waals surface area (Å²) in [4.78, 5) is 17.2. The third kappa shape index (κ3) is 2.58. The number of halogens is 2. The predicted molar refractivity (Wildman–Crippen MR) is 56.6 cm³/mol. The minimum absolute atomic E-state index is 0.0414. The smallest absolute Gasteiger partial charge is 0.303 e. The summed E-state index contributed by atoms with van der Waals surface area (Å²) in [6.45, 7) is 0. The number of aromatic nitrogens is 2. The van der Waals surface area contributed by atoms with Crippen LogP contribution in [0.25, 0.3) is 11.0 Å². The van der Waals surface area contributed by atoms with E-state index in [0.29, 0.717) is 29.7 Å². The molecular formula is C11H10F2N2O2. The Morgan fingerprint density at radius 2 is 2.06 bits per heavy atom. The SMILES string of the molecule is O=C(O)CCCc1nc2cc(F)c(F)cc2[nH]1. The number of carbonyl (C=O) groups is 1. The van der Waals surface area contributed by atoms with Crippen LogP contribution in [0.4, 0.5) is 8.78 Å². The van der Waals surface area contributed by atoms with Crippen LogP contribution >= 0.6 is 0 Å². The van der Waals surface area contributed by atoms with Crippen molar-refractivity contribution in [2.45, 2.75) is 19.3 Å². The average molecular weight is 240 g/mol. The maximum absolute atomic E-state index is 12.9. The first-order valence-corrected chi connectivity index (χ1v) is 5.11. The van der Waals surface area contributed by atoms with Crippen LogP contribution in [0.1, 0.15) is 18.7 Å². The van der Waals surface area contributed by atoms with E-state index in [2.05, 4.69) is 9.97 Å². The Hall–Kier alpha value is -1.98. The van der Waals surface area contributed by atoms with Gasteiger partial charge in [-0.15, -0.1) is 0 Å². The first kappa shape index (κ1) is 11.5. The first-order valence-electron chi connectivity index (χ1n) is 5.11. The lowest BCUT2D eigenvalue weighted by molar-refractivity contribution is -0.137. The molecule has 0 unspecified atom stereocenters. The average Bonchev–Trinajstić information content (AvgIpc) is 2.60. The van der Waals surface area contributed by atoms with Gasteiger partial charge >= 0.3 is 5.97 Å². The molecule has 0 atom stereocenters. The van der Waals surface area contributed by atoms with Gasteiger partial charge in [0.15, 0.2) is 11.6 Å². The number of fused-ring (bicyclic) bond motifs is 1. The molecule has 4 nitrogen and oxygen atoms in total. The zero-order valence-corrected chi connectivity index (χ0v) is 8.83. The molecule has 2 aromatic rings. The Bertz CT molecular complexity index is 527. The van der Waals surface area contributed by atoms with E-state index in [4.69, 9.17) is 5.11 Å². The molecule has 1 aromatic heterocycles. The summed E-state index contributed by atoms with van der Waals surface area (Å²) in [7, 11) is 0. The topological polar surface area (TPSA) is 66.0 Å². The van der Waals surface area contributed by atoms with Crippen molar-refractivity contribution < 1.29 is 18.7 Å². The van der Waals surface area contributed by atoms with Gasteiger partial charge in [-0.05, 0) is 6.42 Å². The molecule has 0 aliphatic rings. The highest BCUT2D eigenvalue weighted by atomic mass is 19.2. The summed E-state index contributed by atoms with van der Waals surface area (Å²) < 4.78 is 25.8. The molecule has 0 amide bonds. The summed E-state index contributed by atoms with van der Waals surface area (Å²) in [5.41, 5.74) is 0.753. The van der Waals surface area contributed by atoms with Crippen LogP contribution in [-0.4, -0.2) is 21.0 Å². The van der Waals surface area contributed by atoms with Crippen LogP contribution in [0.15, 0.2) is 12.1 Å². The molecule has 17 heavy (non-hydrogen) atoms. The van der Waals surface area contributed by atoms with Gasteiger partial charge in [0, 0.05) is 25.0 Å². The molecule has 0 radical (unpaired) electrons. The van der Waals surface area contributed by atoms with Crippen molar-refractivity contribution in [3.8, 4) is 0 Å². The number of aliphatic carboxylic acids is 1. The van der Waals surface area contributed by atoms with E-state index in [1.165, 1.54) is 0 Å². The van der Waals surface area contributed by atoms with Gasteiger partial charge in [0.1, 0.15) is 5.82 Å². The third-order valence-corrected chi connectivity index (χ3v) is 2.38. The number of hydrogen-bond acceptors (Lipinski definition) is 2. The van der Waals surface area contributed by atoms with Crippen LogP contribution in [-0.2, 0) is 11.2 Å². The maximum Gasteiger partial charge on any atom is 0.303 e. The van der Waals surface area contributed by atoms with Crippen molar-refractivity contribution in [1.29, 1.82) is 0 Å². The van der Waals surface area contributed by atoms with Crippen molar-refractivity contribution in [2.24, 2.45) is 0 Å². The zero-order valence-electron chi connectivity index (χ0n) is 8.83. The number of H-pyrrole nitrogens is 1. The number of rotatable bonds is 4. The fraction of sp³-hybridized carbons (Fsp3) is 0.273. The number of aryl methyl sites for hydroxylation is 1. The lowest BCUT2D eigenvalue weighted by Gasteiger charge is -1.92. The highest BCUT2D eigenvalue weighted by molar-refractivity contribution is 5.75. The molecule has 2 rings (SSSR count). The summed E-state index contributed by atoms with van der Waals surface area (Å²) in [6, 6.07) is 2.06. The number of nitrogens with one attached hydrogen (secondary N) is 1. The van der Waals surface area contributed by atoms with Gasteiger partial charge in [-0.3, -0.25) is 4.79 Å². The fourth-order valence-electron chi connectivity index (χ4n) is 1.58. The highest BCUT2D eigenvalue weighted by Crippen LogP contribution is 2.17. The van der Waals surface area contributed by atoms with Gasteiger partial charge in [-0.2, -0.15) is 0 Å². The second-order valence-electron chi connectivity index (χ2n) is 3.71. The van der Waals surface area contributed by atoms with E-state index in [1.807, 2.05) is 0 Å². The molecule has 1 aromatic carbocycles. The molecule has 0 saturated carbocycles. The summed E-state index contributed by atoms with van der Waals surface area (Å²) in [6.07, 6.45) is 0.907. The standard InChI is InChI=1S/C11H10F2N2O2/c12-6-4-8-9(5-7(6)13)15-10(14-8)2-1-3-11(16)17/h4-5H,1-3H2,(H,14,15)(H,16,17). The van der Waals surface area contributed by atoms with Crippen LogP contribution in [0, 0.1) is 11.6 Å². The number of nitrogens with zero attached hydrogens (tertiary/aromatic N) is 1. The van der Waals surface area contributed by atoms with Crippen molar-refractivity contribution in [2.75, 3.05) is 0 Å². The summed E-state index contributed by atoms with van der Waals surface area (Å²) >= 11 is 0. The van der Waals surface area contributed by atoms with E-state index in [0.717, 1.165) is 12.1 Å². The number of benzene rings is 1. The fourth-order valence-corrected chi connectivity index (χ4v) is 1.58. The molecule has 0 bridgehead atoms. The second-order valence-corrected chi connectivity index (χ2v) is 3.71. The quantitative estimate of drug-likeness (QED) is 0.861. The van der Waals surface area contributed by atoms with E-state index in [1.54, 1.807) is 0 Å². The Labute approximate surface area is 95.3 Å². The molecule has 0 fully saturated rings. The summed E-state index contributed by atoms with van der Waals surface area (Å²) in [5, 5.41) is 8.47. The van der Waals surface area contributed by atoms with Gasteiger partial charge < -0.3 is 10.1 Å². The number of carboxylic acids is 1. The second kappa shape index (κ2) is 4.48. The molecule has 2 N–H and O–H groups in total. The molecule has 0 spiro atoms. The van der Waals surface area contributed by atoms with Crippen molar-refractivity contribution in [3.63, 3.8) is 0 Å². The minimum atomic E-state index is -0.943. The van der Waals surface area contributed by atoms with Gasteiger partial charge in [-0.25, -0.2) is 13.8 Å². The molecular weight excluding hydrogens is 230 g/mol. The Morgan fingerprint density at radius 1 is 1.35 bits per heavy atom. The Morgan fingerprint density at radius 3 is 2.76 bits per heavy atom. The zero-order chi connectivity index (χ0) is 12.4. The third-order valence-electron chi connectivity index (χ3n) is 2.38.